The van der Waals surface area contributed by atoms with E-state index >= 15 is 0 Å². The number of nitrogens with two attached hydrogens (primary N) is 1. The molecule has 0 radical (unpaired) electrons. The molecule has 0 heterocycles. The lowest BCUT2D eigenvalue weighted by Gasteiger charge is -2.20. The third kappa shape index (κ3) is 32.7. The first-order valence-electron chi connectivity index (χ1n) is 18.5. The van der Waals surface area contributed by atoms with E-state index in [9.17, 15) is 23.8 Å². The number of rotatable bonds is 34. The Kier molecular flexibility index (Phi) is 31.3. The van der Waals surface area contributed by atoms with Crippen molar-refractivity contribution in [3.05, 3.63) is 36.5 Å². The van der Waals surface area contributed by atoms with Crippen LogP contribution in [-0.4, -0.2) is 59.9 Å². The summed E-state index contributed by atoms with van der Waals surface area (Å²) in [6, 6.07) is -1.53. The molecule has 0 saturated heterocycles. The van der Waals surface area contributed by atoms with Crippen molar-refractivity contribution >= 4 is 25.7 Å². The number of phosphoric ester groups is 1. The van der Waals surface area contributed by atoms with Crippen LogP contribution >= 0.6 is 7.82 Å². The fraction of sp³-hybridized carbons (Fsp3) is 0.757. The van der Waals surface area contributed by atoms with Gasteiger partial charge in [0, 0.05) is 12.8 Å². The number of carbonyl (C=O) groups excluding carboxylic acids is 2. The maximum atomic E-state index is 12.5. The molecule has 0 spiro atoms. The van der Waals surface area contributed by atoms with Gasteiger partial charge in [-0.05, 0) is 57.8 Å². The quantitative estimate of drug-likeness (QED) is 0.0251. The average Bonchev–Trinajstić information content (AvgIpc) is 3.07. The van der Waals surface area contributed by atoms with Gasteiger partial charge in [0.1, 0.15) is 12.6 Å². The standard InChI is InChI=1S/C37H66NO10P/c1-3-5-7-9-11-13-15-17-19-21-23-25-27-29-36(40)48-33(31-46-49(43,44)47-32-34(38)37(41)42)30-45-35(39)28-26-24-22-20-18-16-14-12-10-8-6-4-2/h12,14,17,19,23,25,33-34H,3-11,13,15-16,18,20-22,24,26-32,38H2,1-2H3,(H,41,42)(H,43,44)/b14-12+,19-17+,25-23+/t33?,34-/m0/s1. The molecule has 3 atom stereocenters. The Morgan fingerprint density at radius 2 is 1.12 bits per heavy atom. The number of carbonyl (C=O) groups is 3. The zero-order valence-corrected chi connectivity index (χ0v) is 31.2. The average molecular weight is 716 g/mol. The molecule has 0 saturated carbocycles. The summed E-state index contributed by atoms with van der Waals surface area (Å²) in [7, 11) is -4.72. The molecule has 2 unspecified atom stereocenters. The lowest BCUT2D eigenvalue weighted by Crippen LogP contribution is -2.34. The van der Waals surface area contributed by atoms with E-state index in [-0.39, 0.29) is 19.4 Å². The molecular formula is C37H66NO10P. The SMILES string of the molecule is CCCCC/C=C/CCCCCCCC(=O)OCC(COP(=O)(O)OC[C@H](N)C(=O)O)OC(=O)CC/C=C/C/C=C/CCCCCCCC. The van der Waals surface area contributed by atoms with Crippen molar-refractivity contribution in [3.63, 3.8) is 0 Å². The first-order valence-corrected chi connectivity index (χ1v) is 20.0. The number of esters is 2. The third-order valence-electron chi connectivity index (χ3n) is 7.62. The lowest BCUT2D eigenvalue weighted by molar-refractivity contribution is -0.161. The van der Waals surface area contributed by atoms with E-state index in [1.807, 2.05) is 12.2 Å². The maximum absolute atomic E-state index is 12.5. The van der Waals surface area contributed by atoms with Crippen molar-refractivity contribution in [2.45, 2.75) is 161 Å². The van der Waals surface area contributed by atoms with Crippen molar-refractivity contribution in [1.82, 2.24) is 0 Å². The van der Waals surface area contributed by atoms with Gasteiger partial charge in [-0.3, -0.25) is 23.4 Å². The minimum absolute atomic E-state index is 0.0534. The number of carboxylic acids is 1. The van der Waals surface area contributed by atoms with Crippen molar-refractivity contribution in [2.24, 2.45) is 5.73 Å². The molecule has 49 heavy (non-hydrogen) atoms. The second-order valence-electron chi connectivity index (χ2n) is 12.3. The van der Waals surface area contributed by atoms with Gasteiger partial charge in [0.2, 0.25) is 0 Å². The topological polar surface area (TPSA) is 172 Å². The van der Waals surface area contributed by atoms with Crippen LogP contribution in [0, 0.1) is 0 Å². The molecule has 0 bridgehead atoms. The van der Waals surface area contributed by atoms with Crippen molar-refractivity contribution < 1.29 is 47.5 Å². The summed E-state index contributed by atoms with van der Waals surface area (Å²) in [5.41, 5.74) is 5.30. The molecular weight excluding hydrogens is 649 g/mol. The van der Waals surface area contributed by atoms with E-state index in [0.29, 0.717) is 12.8 Å². The molecule has 0 amide bonds. The predicted molar refractivity (Wildman–Crippen MR) is 194 cm³/mol. The van der Waals surface area contributed by atoms with Crippen LogP contribution in [0.5, 0.6) is 0 Å². The summed E-state index contributed by atoms with van der Waals surface area (Å²) in [6.45, 7) is 2.67. The second-order valence-corrected chi connectivity index (χ2v) is 13.8. The molecule has 4 N–H and O–H groups in total. The van der Waals surface area contributed by atoms with Crippen LogP contribution in [0.15, 0.2) is 36.5 Å². The Labute approximate surface area is 295 Å². The molecule has 0 aliphatic rings. The first-order chi connectivity index (χ1) is 23.6. The van der Waals surface area contributed by atoms with Crippen LogP contribution < -0.4 is 5.73 Å². The second kappa shape index (κ2) is 32.9. The van der Waals surface area contributed by atoms with Gasteiger partial charge in [0.25, 0.3) is 0 Å². The lowest BCUT2D eigenvalue weighted by atomic mass is 10.1. The monoisotopic (exact) mass is 715 g/mol. The maximum Gasteiger partial charge on any atom is 0.472 e. The van der Waals surface area contributed by atoms with E-state index in [4.69, 9.17) is 24.8 Å². The number of carboxylic acid groups (broad SMARTS) is 1. The van der Waals surface area contributed by atoms with E-state index in [1.54, 1.807) is 0 Å². The van der Waals surface area contributed by atoms with Gasteiger partial charge >= 0.3 is 25.7 Å². The van der Waals surface area contributed by atoms with Gasteiger partial charge in [0.05, 0.1) is 13.2 Å². The Morgan fingerprint density at radius 3 is 1.73 bits per heavy atom. The van der Waals surface area contributed by atoms with Crippen LogP contribution in [0.25, 0.3) is 0 Å². The summed E-state index contributed by atoms with van der Waals surface area (Å²) in [5, 5.41) is 8.84. The van der Waals surface area contributed by atoms with Crippen LogP contribution in [0.1, 0.15) is 149 Å². The third-order valence-corrected chi connectivity index (χ3v) is 8.57. The largest absolute Gasteiger partial charge is 0.480 e. The van der Waals surface area contributed by atoms with Gasteiger partial charge in [-0.1, -0.05) is 115 Å². The molecule has 0 fully saturated rings. The number of phosphoric acid groups is 1. The smallest absolute Gasteiger partial charge is 0.472 e. The molecule has 0 aliphatic carbocycles. The molecule has 0 rings (SSSR count). The molecule has 284 valence electrons. The zero-order chi connectivity index (χ0) is 36.4. The van der Waals surface area contributed by atoms with Gasteiger partial charge in [0.15, 0.2) is 6.10 Å². The Balaban J connectivity index is 4.57. The first kappa shape index (κ1) is 46.7. The van der Waals surface area contributed by atoms with E-state index in [2.05, 4.69) is 42.7 Å². The summed E-state index contributed by atoms with van der Waals surface area (Å²) in [5.74, 6) is -2.48. The highest BCUT2D eigenvalue weighted by atomic mass is 31.2. The van der Waals surface area contributed by atoms with Gasteiger partial charge in [-0.15, -0.1) is 0 Å². The highest BCUT2D eigenvalue weighted by Gasteiger charge is 2.28. The highest BCUT2D eigenvalue weighted by molar-refractivity contribution is 7.47. The summed E-state index contributed by atoms with van der Waals surface area (Å²) >= 11 is 0. The Hall–Kier alpha value is -2.30. The minimum atomic E-state index is -4.72. The number of allylic oxidation sites excluding steroid dienone is 6. The van der Waals surface area contributed by atoms with E-state index in [1.165, 1.54) is 57.8 Å². The predicted octanol–water partition coefficient (Wildman–Crippen LogP) is 8.89. The van der Waals surface area contributed by atoms with Crippen LogP contribution in [0.4, 0.5) is 0 Å². The normalized spacial score (nSPS) is 14.4. The Bertz CT molecular complexity index is 984. The van der Waals surface area contributed by atoms with Crippen LogP contribution in [0.3, 0.4) is 0 Å². The molecule has 0 aliphatic heterocycles. The van der Waals surface area contributed by atoms with Gasteiger partial charge in [-0.25, -0.2) is 4.57 Å². The molecule has 11 nitrogen and oxygen atoms in total. The molecule has 0 aromatic rings. The van der Waals surface area contributed by atoms with Gasteiger partial charge < -0.3 is 25.2 Å². The van der Waals surface area contributed by atoms with Crippen molar-refractivity contribution in [3.8, 4) is 0 Å². The van der Waals surface area contributed by atoms with Crippen molar-refractivity contribution in [2.75, 3.05) is 19.8 Å². The molecule has 0 aromatic heterocycles. The van der Waals surface area contributed by atoms with Crippen molar-refractivity contribution in [1.29, 1.82) is 0 Å². The fourth-order valence-corrected chi connectivity index (χ4v) is 5.42. The Morgan fingerprint density at radius 1 is 0.633 bits per heavy atom. The molecule has 0 aromatic carbocycles. The number of ether oxygens (including phenoxy) is 2. The summed E-state index contributed by atoms with van der Waals surface area (Å²) < 4.78 is 32.4. The van der Waals surface area contributed by atoms with Crippen LogP contribution in [0.2, 0.25) is 0 Å². The van der Waals surface area contributed by atoms with E-state index < -0.39 is 51.1 Å². The summed E-state index contributed by atoms with van der Waals surface area (Å²) in [4.78, 5) is 45.6. The fourth-order valence-electron chi connectivity index (χ4n) is 4.64. The highest BCUT2D eigenvalue weighted by Crippen LogP contribution is 2.43. The summed E-state index contributed by atoms with van der Waals surface area (Å²) in [6.07, 6.45) is 32.4. The number of hydrogen-bond donors (Lipinski definition) is 3. The molecule has 12 heteroatoms. The number of hydrogen-bond acceptors (Lipinski definition) is 9. The van der Waals surface area contributed by atoms with Gasteiger partial charge in [-0.2, -0.15) is 0 Å². The minimum Gasteiger partial charge on any atom is -0.480 e. The number of aliphatic carboxylic acids is 1. The van der Waals surface area contributed by atoms with Crippen LogP contribution in [-0.2, 0) is 37.5 Å². The number of unbranched alkanes of at least 4 members (excludes halogenated alkanes) is 14. The van der Waals surface area contributed by atoms with E-state index in [0.717, 1.165) is 51.4 Å². The zero-order valence-electron chi connectivity index (χ0n) is 30.3.